The van der Waals surface area contributed by atoms with E-state index < -0.39 is 0 Å². The van der Waals surface area contributed by atoms with Crippen molar-refractivity contribution in [2.24, 2.45) is 0 Å². The largest absolute Gasteiger partial charge is 0.508 e. The van der Waals surface area contributed by atoms with E-state index in [0.29, 0.717) is 30.8 Å². The summed E-state index contributed by atoms with van der Waals surface area (Å²) in [5, 5.41) is 9.80. The Morgan fingerprint density at radius 3 is 2.54 bits per heavy atom. The smallest absolute Gasteiger partial charge is 0.254 e. The summed E-state index contributed by atoms with van der Waals surface area (Å²) in [4.78, 5) is 28.6. The van der Waals surface area contributed by atoms with Crippen molar-refractivity contribution in [3.8, 4) is 5.75 Å². The van der Waals surface area contributed by atoms with Crippen LogP contribution < -0.4 is 0 Å². The Labute approximate surface area is 153 Å². The third-order valence-electron chi connectivity index (χ3n) is 5.09. The number of carbonyl (C=O) groups excluding carboxylic acids is 2. The lowest BCUT2D eigenvalue weighted by Gasteiger charge is -2.34. The number of hydrogen-bond donors (Lipinski definition) is 1. The second-order valence-electron chi connectivity index (χ2n) is 6.91. The van der Waals surface area contributed by atoms with Gasteiger partial charge in [0.25, 0.3) is 5.91 Å². The van der Waals surface area contributed by atoms with Crippen molar-refractivity contribution in [2.45, 2.75) is 27.3 Å². The zero-order chi connectivity index (χ0) is 18.8. The van der Waals surface area contributed by atoms with Gasteiger partial charge in [-0.2, -0.15) is 0 Å². The minimum absolute atomic E-state index is 0.0550. The first kappa shape index (κ1) is 18.0. The number of aromatic hydroxyl groups is 1. The van der Waals surface area contributed by atoms with Gasteiger partial charge in [-0.1, -0.05) is 24.3 Å². The third kappa shape index (κ3) is 3.57. The first-order valence-electron chi connectivity index (χ1n) is 8.78. The Morgan fingerprint density at radius 2 is 1.85 bits per heavy atom. The van der Waals surface area contributed by atoms with Crippen LogP contribution in [0.2, 0.25) is 0 Å². The van der Waals surface area contributed by atoms with Crippen LogP contribution in [0, 0.1) is 20.8 Å². The van der Waals surface area contributed by atoms with Crippen LogP contribution >= 0.6 is 0 Å². The molecule has 1 fully saturated rings. The van der Waals surface area contributed by atoms with Gasteiger partial charge in [-0.15, -0.1) is 0 Å². The van der Waals surface area contributed by atoms with Crippen molar-refractivity contribution in [2.75, 3.05) is 19.6 Å². The number of phenolic OH excluding ortho intramolecular Hbond substituents is 1. The fourth-order valence-corrected chi connectivity index (χ4v) is 3.20. The van der Waals surface area contributed by atoms with Crippen molar-refractivity contribution in [1.29, 1.82) is 0 Å². The number of nitrogens with zero attached hydrogens (tertiary/aromatic N) is 2. The van der Waals surface area contributed by atoms with Crippen molar-refractivity contribution < 1.29 is 14.7 Å². The molecule has 0 bridgehead atoms. The van der Waals surface area contributed by atoms with Crippen molar-refractivity contribution in [3.63, 3.8) is 0 Å². The lowest BCUT2D eigenvalue weighted by atomic mass is 10.0. The van der Waals surface area contributed by atoms with Gasteiger partial charge in [-0.05, 0) is 49.6 Å². The maximum Gasteiger partial charge on any atom is 0.254 e. The molecule has 0 unspecified atom stereocenters. The van der Waals surface area contributed by atoms with Crippen LogP contribution in [0.3, 0.4) is 0 Å². The molecule has 0 spiro atoms. The van der Waals surface area contributed by atoms with Gasteiger partial charge in [0.05, 0.1) is 0 Å². The van der Waals surface area contributed by atoms with Crippen LogP contribution in [0.15, 0.2) is 36.4 Å². The maximum absolute atomic E-state index is 12.7. The Bertz CT molecular complexity index is 860. The zero-order valence-corrected chi connectivity index (χ0v) is 15.5. The molecule has 2 amide bonds. The van der Waals surface area contributed by atoms with E-state index in [2.05, 4.69) is 26.0 Å². The molecule has 0 saturated carbocycles. The second kappa shape index (κ2) is 7.20. The molecule has 2 aromatic carbocycles. The van der Waals surface area contributed by atoms with E-state index in [1.165, 1.54) is 11.1 Å². The topological polar surface area (TPSA) is 60.9 Å². The van der Waals surface area contributed by atoms with E-state index in [9.17, 15) is 14.7 Å². The Hall–Kier alpha value is -2.82. The molecule has 136 valence electrons. The second-order valence-corrected chi connectivity index (χ2v) is 6.91. The van der Waals surface area contributed by atoms with E-state index in [1.807, 2.05) is 6.07 Å². The summed E-state index contributed by atoms with van der Waals surface area (Å²) in [7, 11) is 0. The predicted octanol–water partition coefficient (Wildman–Crippen LogP) is 2.80. The summed E-state index contributed by atoms with van der Waals surface area (Å²) in [5.41, 5.74) is 4.54. The molecule has 5 heteroatoms. The quantitative estimate of drug-likeness (QED) is 0.924. The van der Waals surface area contributed by atoms with Crippen LogP contribution in [0.25, 0.3) is 0 Å². The molecule has 0 aliphatic carbocycles. The lowest BCUT2D eigenvalue weighted by Crippen LogP contribution is -2.51. The number of amides is 2. The van der Waals surface area contributed by atoms with Gasteiger partial charge in [0.1, 0.15) is 12.3 Å². The number of piperazine rings is 1. The number of phenols is 1. The van der Waals surface area contributed by atoms with Crippen molar-refractivity contribution in [3.05, 3.63) is 64.2 Å². The highest BCUT2D eigenvalue weighted by Gasteiger charge is 2.28. The van der Waals surface area contributed by atoms with Gasteiger partial charge < -0.3 is 14.9 Å². The summed E-state index contributed by atoms with van der Waals surface area (Å²) >= 11 is 0. The van der Waals surface area contributed by atoms with Gasteiger partial charge in [0.15, 0.2) is 0 Å². The molecule has 2 aromatic rings. The molecule has 1 saturated heterocycles. The predicted molar refractivity (Wildman–Crippen MR) is 100 cm³/mol. The molecule has 3 rings (SSSR count). The molecular weight excluding hydrogens is 328 g/mol. The fraction of sp³-hybridized carbons (Fsp3) is 0.333. The van der Waals surface area contributed by atoms with E-state index in [4.69, 9.17) is 0 Å². The van der Waals surface area contributed by atoms with E-state index in [1.54, 1.807) is 34.9 Å². The van der Waals surface area contributed by atoms with Crippen LogP contribution in [-0.4, -0.2) is 46.4 Å². The molecule has 5 nitrogen and oxygen atoms in total. The summed E-state index contributed by atoms with van der Waals surface area (Å²) in [6.07, 6.45) is 0. The zero-order valence-electron chi connectivity index (χ0n) is 15.5. The van der Waals surface area contributed by atoms with Gasteiger partial charge >= 0.3 is 0 Å². The van der Waals surface area contributed by atoms with E-state index in [-0.39, 0.29) is 24.1 Å². The maximum atomic E-state index is 12.7. The normalized spacial score (nSPS) is 14.7. The highest BCUT2D eigenvalue weighted by atomic mass is 16.3. The number of carbonyl (C=O) groups is 2. The molecule has 1 aliphatic heterocycles. The van der Waals surface area contributed by atoms with Crippen LogP contribution in [-0.2, 0) is 11.3 Å². The average Bonchev–Trinajstić information content (AvgIpc) is 2.61. The molecule has 0 atom stereocenters. The van der Waals surface area contributed by atoms with Gasteiger partial charge in [-0.3, -0.25) is 9.59 Å². The molecule has 1 N–H and O–H groups in total. The Kier molecular flexibility index (Phi) is 4.98. The monoisotopic (exact) mass is 352 g/mol. The lowest BCUT2D eigenvalue weighted by molar-refractivity contribution is -0.135. The molecule has 26 heavy (non-hydrogen) atoms. The first-order valence-corrected chi connectivity index (χ1v) is 8.78. The highest BCUT2D eigenvalue weighted by molar-refractivity contribution is 5.98. The van der Waals surface area contributed by atoms with E-state index in [0.717, 1.165) is 5.56 Å². The summed E-state index contributed by atoms with van der Waals surface area (Å²) in [6.45, 7) is 7.47. The minimum atomic E-state index is -0.211. The SMILES string of the molecule is Cc1ccc(CN2CCN(C(=O)c3cccc(O)c3C)CC2=O)cc1C. The minimum Gasteiger partial charge on any atom is -0.508 e. The average molecular weight is 352 g/mol. The number of hydrogen-bond acceptors (Lipinski definition) is 3. The molecular formula is C21H24N2O3. The van der Waals surface area contributed by atoms with Crippen LogP contribution in [0.1, 0.15) is 32.6 Å². The number of benzene rings is 2. The van der Waals surface area contributed by atoms with Crippen molar-refractivity contribution in [1.82, 2.24) is 9.80 Å². The van der Waals surface area contributed by atoms with Gasteiger partial charge in [0.2, 0.25) is 5.91 Å². The van der Waals surface area contributed by atoms with Crippen LogP contribution in [0.5, 0.6) is 5.75 Å². The standard InChI is InChI=1S/C21H24N2O3/c1-14-7-8-17(11-15(14)2)12-22-9-10-23(13-20(22)25)21(26)18-5-4-6-19(24)16(18)3/h4-8,11,24H,9-10,12-13H2,1-3H3. The number of rotatable bonds is 3. The first-order chi connectivity index (χ1) is 12.4. The summed E-state index contributed by atoms with van der Waals surface area (Å²) in [6, 6.07) is 11.1. The fourth-order valence-electron chi connectivity index (χ4n) is 3.20. The highest BCUT2D eigenvalue weighted by Crippen LogP contribution is 2.22. The third-order valence-corrected chi connectivity index (χ3v) is 5.09. The van der Waals surface area contributed by atoms with E-state index >= 15 is 0 Å². The molecule has 0 radical (unpaired) electrons. The number of aryl methyl sites for hydroxylation is 2. The molecule has 0 aromatic heterocycles. The summed E-state index contributed by atoms with van der Waals surface area (Å²) < 4.78 is 0. The Balaban J connectivity index is 1.68. The Morgan fingerprint density at radius 1 is 1.08 bits per heavy atom. The summed E-state index contributed by atoms with van der Waals surface area (Å²) in [5.74, 6) is -0.172. The van der Waals surface area contributed by atoms with Gasteiger partial charge in [0, 0.05) is 30.8 Å². The van der Waals surface area contributed by atoms with Crippen molar-refractivity contribution >= 4 is 11.8 Å². The van der Waals surface area contributed by atoms with Crippen LogP contribution in [0.4, 0.5) is 0 Å². The molecule has 1 heterocycles. The molecule has 1 aliphatic rings. The van der Waals surface area contributed by atoms with Gasteiger partial charge in [-0.25, -0.2) is 0 Å².